The van der Waals surface area contributed by atoms with Crippen molar-refractivity contribution < 1.29 is 13.2 Å². The van der Waals surface area contributed by atoms with Gasteiger partial charge in [0.1, 0.15) is 4.90 Å². The maximum Gasteiger partial charge on any atom is 0.267 e. The zero-order valence-electron chi connectivity index (χ0n) is 21.6. The minimum atomic E-state index is -4.03. The van der Waals surface area contributed by atoms with Gasteiger partial charge in [0.15, 0.2) is 0 Å². The zero-order chi connectivity index (χ0) is 27.7. The Balaban J connectivity index is 1.64. The van der Waals surface area contributed by atoms with E-state index in [1.54, 1.807) is 48.5 Å². The van der Waals surface area contributed by atoms with Crippen LogP contribution in [0.1, 0.15) is 25.3 Å². The highest BCUT2D eigenvalue weighted by Crippen LogP contribution is 2.31. The van der Waals surface area contributed by atoms with Gasteiger partial charge in [0, 0.05) is 17.4 Å². The molecule has 0 amide bonds. The zero-order valence-corrected chi connectivity index (χ0v) is 22.4. The van der Waals surface area contributed by atoms with E-state index >= 15 is 0 Å². The highest BCUT2D eigenvalue weighted by molar-refractivity contribution is 7.92. The minimum absolute atomic E-state index is 0.0509. The number of methoxy groups -OCH3 is 1. The molecule has 0 atom stereocenters. The molecule has 2 heterocycles. The van der Waals surface area contributed by atoms with Crippen LogP contribution >= 0.6 is 0 Å². The Morgan fingerprint density at radius 3 is 2.38 bits per heavy atom. The number of nitrogen functional groups attached to an aromatic ring is 1. The van der Waals surface area contributed by atoms with E-state index < -0.39 is 10.0 Å². The first-order valence-electron chi connectivity index (χ1n) is 12.2. The Bertz CT molecular complexity index is 1850. The number of ether oxygens (including phenoxy) is 1. The van der Waals surface area contributed by atoms with Crippen molar-refractivity contribution in [3.8, 4) is 22.7 Å². The van der Waals surface area contributed by atoms with Crippen molar-refractivity contribution in [1.82, 2.24) is 14.5 Å². The van der Waals surface area contributed by atoms with Crippen molar-refractivity contribution in [3.63, 3.8) is 0 Å². The number of para-hydroxylation sites is 2. The summed E-state index contributed by atoms with van der Waals surface area (Å²) in [6, 6.07) is 22.7. The van der Waals surface area contributed by atoms with Gasteiger partial charge in [-0.1, -0.05) is 56.3 Å². The van der Waals surface area contributed by atoms with Gasteiger partial charge in [0.25, 0.3) is 15.6 Å². The number of pyridine rings is 1. The molecule has 0 unspecified atom stereocenters. The van der Waals surface area contributed by atoms with Crippen LogP contribution in [0.3, 0.4) is 0 Å². The normalized spacial score (nSPS) is 11.6. The van der Waals surface area contributed by atoms with E-state index in [0.29, 0.717) is 33.4 Å². The fourth-order valence-corrected chi connectivity index (χ4v) is 5.65. The number of nitrogens with two attached hydrogens (primary N) is 1. The summed E-state index contributed by atoms with van der Waals surface area (Å²) in [4.78, 5) is 22.3. The number of anilines is 2. The largest absolute Gasteiger partial charge is 0.480 e. The Kier molecular flexibility index (Phi) is 6.80. The van der Waals surface area contributed by atoms with Gasteiger partial charge in [-0.25, -0.2) is 23.0 Å². The molecule has 3 aromatic carbocycles. The van der Waals surface area contributed by atoms with Crippen molar-refractivity contribution in [3.05, 3.63) is 101 Å². The smallest absolute Gasteiger partial charge is 0.267 e. The molecule has 5 rings (SSSR count). The topological polar surface area (TPSA) is 129 Å². The fraction of sp³-hybridized carbons (Fsp3) is 0.138. The molecule has 0 aliphatic carbocycles. The molecule has 0 saturated heterocycles. The molecule has 10 heteroatoms. The second kappa shape index (κ2) is 10.2. The van der Waals surface area contributed by atoms with Gasteiger partial charge in [-0.2, -0.15) is 0 Å². The number of nitrogens with one attached hydrogen (secondary N) is 1. The first-order chi connectivity index (χ1) is 18.7. The summed E-state index contributed by atoms with van der Waals surface area (Å²) in [5, 5.41) is 0.336. The number of sulfonamides is 1. The summed E-state index contributed by atoms with van der Waals surface area (Å²) in [6.07, 6.45) is 1.50. The Morgan fingerprint density at radius 1 is 0.949 bits per heavy atom. The third-order valence-electron chi connectivity index (χ3n) is 6.35. The lowest BCUT2D eigenvalue weighted by Gasteiger charge is -2.17. The molecule has 0 bridgehead atoms. The van der Waals surface area contributed by atoms with E-state index in [0.717, 1.165) is 5.56 Å². The second-order valence-corrected chi connectivity index (χ2v) is 10.9. The quantitative estimate of drug-likeness (QED) is 0.298. The molecular weight excluding hydrogens is 514 g/mol. The monoisotopic (exact) mass is 541 g/mol. The Hall–Kier alpha value is -4.70. The summed E-state index contributed by atoms with van der Waals surface area (Å²) >= 11 is 0. The predicted octanol–water partition coefficient (Wildman–Crippen LogP) is 4.96. The predicted molar refractivity (Wildman–Crippen MR) is 153 cm³/mol. The number of hydrogen-bond donors (Lipinski definition) is 2. The number of fused-ring (bicyclic) bond motifs is 1. The number of nitrogens with zero attached hydrogens (tertiary/aromatic N) is 3. The molecule has 0 radical (unpaired) electrons. The van der Waals surface area contributed by atoms with Crippen LogP contribution in [0, 0.1) is 0 Å². The fourth-order valence-electron chi connectivity index (χ4n) is 4.45. The molecule has 5 aromatic rings. The van der Waals surface area contributed by atoms with E-state index in [2.05, 4.69) is 14.7 Å². The van der Waals surface area contributed by atoms with Crippen LogP contribution in [0.2, 0.25) is 0 Å². The first-order valence-corrected chi connectivity index (χ1v) is 13.7. The van der Waals surface area contributed by atoms with Crippen LogP contribution < -0.4 is 20.8 Å². The molecule has 0 aliphatic heterocycles. The molecule has 0 fully saturated rings. The van der Waals surface area contributed by atoms with Crippen molar-refractivity contribution >= 4 is 32.6 Å². The number of rotatable bonds is 7. The van der Waals surface area contributed by atoms with Gasteiger partial charge in [-0.15, -0.1) is 0 Å². The average molecular weight is 542 g/mol. The van der Waals surface area contributed by atoms with Crippen LogP contribution in [0.5, 0.6) is 5.88 Å². The SMILES string of the molecule is COc1ncc(-c2ccc3nc(N)n(-c4ccccc4C(C)C)c(=O)c3c2)cc1S(=O)(=O)Nc1ccccc1. The van der Waals surface area contributed by atoms with Crippen LogP contribution in [0.25, 0.3) is 27.7 Å². The summed E-state index contributed by atoms with van der Waals surface area (Å²) in [5.74, 6) is 0.189. The number of benzene rings is 3. The molecular formula is C29H27N5O4S. The second-order valence-electron chi connectivity index (χ2n) is 9.26. The lowest BCUT2D eigenvalue weighted by atomic mass is 10.0. The lowest BCUT2D eigenvalue weighted by molar-refractivity contribution is 0.385. The van der Waals surface area contributed by atoms with Gasteiger partial charge < -0.3 is 10.5 Å². The number of hydrogen-bond acceptors (Lipinski definition) is 7. The van der Waals surface area contributed by atoms with E-state index in [1.807, 2.05) is 38.1 Å². The van der Waals surface area contributed by atoms with Crippen LogP contribution in [0.4, 0.5) is 11.6 Å². The highest BCUT2D eigenvalue weighted by atomic mass is 32.2. The lowest BCUT2D eigenvalue weighted by Crippen LogP contribution is -2.24. The molecule has 9 nitrogen and oxygen atoms in total. The standard InChI is InChI=1S/C29H27N5O4S/c1-18(2)22-11-7-8-12-25(22)34-28(35)23-15-19(13-14-24(23)32-29(34)30)20-16-26(27(38-3)31-17-20)39(36,37)33-21-9-5-4-6-10-21/h4-18,33H,1-3H3,(H2,30,32). The van der Waals surface area contributed by atoms with Gasteiger partial charge >= 0.3 is 0 Å². The van der Waals surface area contributed by atoms with Crippen molar-refractivity contribution in [2.75, 3.05) is 17.6 Å². The summed E-state index contributed by atoms with van der Waals surface area (Å²) in [7, 11) is -2.68. The molecule has 0 spiro atoms. The van der Waals surface area contributed by atoms with E-state index in [-0.39, 0.29) is 28.2 Å². The van der Waals surface area contributed by atoms with Crippen LogP contribution in [0.15, 0.2) is 94.7 Å². The van der Waals surface area contributed by atoms with Gasteiger partial charge in [-0.3, -0.25) is 9.52 Å². The Morgan fingerprint density at radius 2 is 1.67 bits per heavy atom. The van der Waals surface area contributed by atoms with E-state index in [4.69, 9.17) is 10.5 Å². The molecule has 39 heavy (non-hydrogen) atoms. The molecule has 3 N–H and O–H groups in total. The first kappa shape index (κ1) is 25.9. The minimum Gasteiger partial charge on any atom is -0.480 e. The number of aromatic nitrogens is 3. The van der Waals surface area contributed by atoms with Crippen LogP contribution in [-0.4, -0.2) is 30.1 Å². The van der Waals surface area contributed by atoms with Crippen molar-refractivity contribution in [2.45, 2.75) is 24.7 Å². The van der Waals surface area contributed by atoms with Gasteiger partial charge in [0.05, 0.1) is 23.7 Å². The van der Waals surface area contributed by atoms with Crippen molar-refractivity contribution in [2.24, 2.45) is 0 Å². The van der Waals surface area contributed by atoms with E-state index in [9.17, 15) is 13.2 Å². The maximum atomic E-state index is 13.7. The third-order valence-corrected chi connectivity index (χ3v) is 7.73. The van der Waals surface area contributed by atoms with E-state index in [1.165, 1.54) is 23.9 Å². The van der Waals surface area contributed by atoms with Crippen molar-refractivity contribution in [1.29, 1.82) is 0 Å². The molecule has 198 valence electrons. The molecule has 0 aliphatic rings. The highest BCUT2D eigenvalue weighted by Gasteiger charge is 2.23. The van der Waals surface area contributed by atoms with Gasteiger partial charge in [0.2, 0.25) is 11.8 Å². The molecule has 2 aromatic heterocycles. The summed E-state index contributed by atoms with van der Waals surface area (Å²) in [6.45, 7) is 4.09. The maximum absolute atomic E-state index is 13.7. The average Bonchev–Trinajstić information content (AvgIpc) is 2.93. The van der Waals surface area contributed by atoms with Crippen LogP contribution in [-0.2, 0) is 10.0 Å². The summed E-state index contributed by atoms with van der Waals surface area (Å²) < 4.78 is 35.7. The third kappa shape index (κ3) is 4.94. The Labute approximate surface area is 226 Å². The summed E-state index contributed by atoms with van der Waals surface area (Å²) in [5.41, 5.74) is 9.46. The van der Waals surface area contributed by atoms with Gasteiger partial charge in [-0.05, 0) is 53.4 Å². The molecule has 0 saturated carbocycles.